The van der Waals surface area contributed by atoms with Gasteiger partial charge in [0, 0.05) is 0 Å². The first-order valence-electron chi connectivity index (χ1n) is 6.16. The van der Waals surface area contributed by atoms with Crippen molar-refractivity contribution in [3.8, 4) is 5.75 Å². The molecule has 0 aliphatic carbocycles. The standard InChI is InChI=1S/C14H22O3/c1-4-14(15)12-5-7-13(8-6-12)17-10-9-16-11(2)3/h5-8,11,14-15H,4,9-10H2,1-3H3/t14-/m1/s1. The second-order valence-electron chi connectivity index (χ2n) is 4.26. The van der Waals surface area contributed by atoms with Gasteiger partial charge in [0.2, 0.25) is 0 Å². The van der Waals surface area contributed by atoms with E-state index in [1.54, 1.807) is 0 Å². The van der Waals surface area contributed by atoms with Gasteiger partial charge in [0.25, 0.3) is 0 Å². The Morgan fingerprint density at radius 2 is 1.76 bits per heavy atom. The highest BCUT2D eigenvalue weighted by Crippen LogP contribution is 2.19. The highest BCUT2D eigenvalue weighted by atomic mass is 16.5. The Labute approximate surface area is 103 Å². The molecule has 0 amide bonds. The lowest BCUT2D eigenvalue weighted by Crippen LogP contribution is -2.11. The van der Waals surface area contributed by atoms with Crippen molar-refractivity contribution < 1.29 is 14.6 Å². The molecule has 0 unspecified atom stereocenters. The minimum atomic E-state index is -0.381. The fraction of sp³-hybridized carbons (Fsp3) is 0.571. The Bertz CT molecular complexity index is 306. The van der Waals surface area contributed by atoms with E-state index < -0.39 is 0 Å². The van der Waals surface area contributed by atoms with Gasteiger partial charge in [-0.15, -0.1) is 0 Å². The summed E-state index contributed by atoms with van der Waals surface area (Å²) in [6.45, 7) is 7.10. The molecule has 17 heavy (non-hydrogen) atoms. The van der Waals surface area contributed by atoms with E-state index >= 15 is 0 Å². The van der Waals surface area contributed by atoms with Crippen molar-refractivity contribution in [3.63, 3.8) is 0 Å². The molecule has 1 aromatic carbocycles. The van der Waals surface area contributed by atoms with Crippen LogP contribution < -0.4 is 4.74 Å². The van der Waals surface area contributed by atoms with Gasteiger partial charge in [-0.25, -0.2) is 0 Å². The fourth-order valence-electron chi connectivity index (χ4n) is 1.47. The zero-order chi connectivity index (χ0) is 12.7. The zero-order valence-electron chi connectivity index (χ0n) is 10.8. The van der Waals surface area contributed by atoms with Crippen molar-refractivity contribution in [1.29, 1.82) is 0 Å². The van der Waals surface area contributed by atoms with Crippen molar-refractivity contribution in [2.75, 3.05) is 13.2 Å². The molecule has 0 saturated heterocycles. The summed E-state index contributed by atoms with van der Waals surface area (Å²) in [5, 5.41) is 9.63. The molecule has 3 nitrogen and oxygen atoms in total. The van der Waals surface area contributed by atoms with Gasteiger partial charge in [0.15, 0.2) is 0 Å². The molecule has 0 aromatic heterocycles. The van der Waals surface area contributed by atoms with E-state index in [0.717, 1.165) is 17.7 Å². The quantitative estimate of drug-likeness (QED) is 0.742. The van der Waals surface area contributed by atoms with Gasteiger partial charge >= 0.3 is 0 Å². The van der Waals surface area contributed by atoms with Gasteiger partial charge in [-0.2, -0.15) is 0 Å². The van der Waals surface area contributed by atoms with E-state index in [4.69, 9.17) is 9.47 Å². The van der Waals surface area contributed by atoms with E-state index in [1.807, 2.05) is 45.0 Å². The van der Waals surface area contributed by atoms with Crippen LogP contribution in [0, 0.1) is 0 Å². The lowest BCUT2D eigenvalue weighted by Gasteiger charge is -2.11. The molecular weight excluding hydrogens is 216 g/mol. The van der Waals surface area contributed by atoms with E-state index in [2.05, 4.69) is 0 Å². The lowest BCUT2D eigenvalue weighted by molar-refractivity contribution is 0.0552. The van der Waals surface area contributed by atoms with E-state index in [-0.39, 0.29) is 12.2 Å². The first-order chi connectivity index (χ1) is 8.13. The van der Waals surface area contributed by atoms with Crippen LogP contribution in [0.2, 0.25) is 0 Å². The Kier molecular flexibility index (Phi) is 6.01. The summed E-state index contributed by atoms with van der Waals surface area (Å²) in [5.41, 5.74) is 0.929. The fourth-order valence-corrected chi connectivity index (χ4v) is 1.47. The van der Waals surface area contributed by atoms with Crippen LogP contribution in [0.5, 0.6) is 5.75 Å². The summed E-state index contributed by atoms with van der Waals surface area (Å²) in [7, 11) is 0. The van der Waals surface area contributed by atoms with Crippen LogP contribution in [-0.4, -0.2) is 24.4 Å². The first kappa shape index (κ1) is 14.0. The second-order valence-corrected chi connectivity index (χ2v) is 4.26. The Morgan fingerprint density at radius 3 is 2.29 bits per heavy atom. The zero-order valence-corrected chi connectivity index (χ0v) is 10.8. The predicted molar refractivity (Wildman–Crippen MR) is 68.3 cm³/mol. The normalized spacial score (nSPS) is 12.8. The second kappa shape index (κ2) is 7.30. The number of aliphatic hydroxyl groups is 1. The number of aliphatic hydroxyl groups excluding tert-OH is 1. The summed E-state index contributed by atoms with van der Waals surface area (Å²) in [4.78, 5) is 0. The van der Waals surface area contributed by atoms with Gasteiger partial charge in [-0.1, -0.05) is 19.1 Å². The van der Waals surface area contributed by atoms with Gasteiger partial charge in [0.1, 0.15) is 12.4 Å². The third-order valence-corrected chi connectivity index (χ3v) is 2.45. The third kappa shape index (κ3) is 5.20. The average molecular weight is 238 g/mol. The molecule has 1 rings (SSSR count). The van der Waals surface area contributed by atoms with Crippen LogP contribution in [0.15, 0.2) is 24.3 Å². The minimum Gasteiger partial charge on any atom is -0.491 e. The summed E-state index contributed by atoms with van der Waals surface area (Å²) >= 11 is 0. The van der Waals surface area contributed by atoms with E-state index in [1.165, 1.54) is 0 Å². The van der Waals surface area contributed by atoms with Crippen molar-refractivity contribution in [1.82, 2.24) is 0 Å². The number of hydrogen-bond donors (Lipinski definition) is 1. The number of ether oxygens (including phenoxy) is 2. The van der Waals surface area contributed by atoms with Crippen LogP contribution in [0.1, 0.15) is 38.9 Å². The highest BCUT2D eigenvalue weighted by molar-refractivity contribution is 5.28. The first-order valence-corrected chi connectivity index (χ1v) is 6.16. The summed E-state index contributed by atoms with van der Waals surface area (Å²) < 4.78 is 10.9. The van der Waals surface area contributed by atoms with E-state index in [0.29, 0.717) is 13.2 Å². The molecule has 0 aliphatic heterocycles. The molecule has 0 bridgehead atoms. The maximum absolute atomic E-state index is 9.63. The molecular formula is C14H22O3. The van der Waals surface area contributed by atoms with E-state index in [9.17, 15) is 5.11 Å². The monoisotopic (exact) mass is 238 g/mol. The number of benzene rings is 1. The lowest BCUT2D eigenvalue weighted by atomic mass is 10.1. The predicted octanol–water partition coefficient (Wildman–Crippen LogP) is 2.93. The molecule has 3 heteroatoms. The minimum absolute atomic E-state index is 0.237. The van der Waals surface area contributed by atoms with Gasteiger partial charge in [0.05, 0.1) is 18.8 Å². The molecule has 1 atom stereocenters. The molecule has 1 aromatic rings. The van der Waals surface area contributed by atoms with Crippen LogP contribution in [-0.2, 0) is 4.74 Å². The van der Waals surface area contributed by atoms with Crippen LogP contribution in [0.3, 0.4) is 0 Å². The van der Waals surface area contributed by atoms with Crippen molar-refractivity contribution >= 4 is 0 Å². The van der Waals surface area contributed by atoms with Crippen LogP contribution >= 0.6 is 0 Å². The SMILES string of the molecule is CC[C@@H](O)c1ccc(OCCOC(C)C)cc1. The largest absolute Gasteiger partial charge is 0.491 e. The maximum Gasteiger partial charge on any atom is 0.119 e. The van der Waals surface area contributed by atoms with Crippen LogP contribution in [0.4, 0.5) is 0 Å². The molecule has 0 fully saturated rings. The third-order valence-electron chi connectivity index (χ3n) is 2.45. The van der Waals surface area contributed by atoms with Crippen LogP contribution in [0.25, 0.3) is 0 Å². The number of rotatable bonds is 7. The van der Waals surface area contributed by atoms with Crippen molar-refractivity contribution in [2.24, 2.45) is 0 Å². The summed E-state index contributed by atoms with van der Waals surface area (Å²) in [5.74, 6) is 0.810. The topological polar surface area (TPSA) is 38.7 Å². The highest BCUT2D eigenvalue weighted by Gasteiger charge is 2.04. The summed E-state index contributed by atoms with van der Waals surface area (Å²) in [6, 6.07) is 7.55. The molecule has 1 N–H and O–H groups in total. The molecule has 0 heterocycles. The summed E-state index contributed by atoms with van der Waals surface area (Å²) in [6.07, 6.45) is 0.580. The average Bonchev–Trinajstić information content (AvgIpc) is 2.34. The number of hydrogen-bond acceptors (Lipinski definition) is 3. The molecule has 0 aliphatic rings. The van der Waals surface area contributed by atoms with Crippen molar-refractivity contribution in [3.05, 3.63) is 29.8 Å². The van der Waals surface area contributed by atoms with Crippen molar-refractivity contribution in [2.45, 2.75) is 39.4 Å². The Morgan fingerprint density at radius 1 is 1.12 bits per heavy atom. The molecule has 0 radical (unpaired) electrons. The molecule has 96 valence electrons. The Hall–Kier alpha value is -1.06. The Balaban J connectivity index is 2.35. The van der Waals surface area contributed by atoms with Gasteiger partial charge in [-0.05, 0) is 38.0 Å². The molecule has 0 saturated carbocycles. The van der Waals surface area contributed by atoms with Gasteiger partial charge < -0.3 is 14.6 Å². The smallest absolute Gasteiger partial charge is 0.119 e. The van der Waals surface area contributed by atoms with Gasteiger partial charge in [-0.3, -0.25) is 0 Å². The molecule has 0 spiro atoms. The maximum atomic E-state index is 9.63.